The van der Waals surface area contributed by atoms with Crippen LogP contribution in [0.4, 0.5) is 11.4 Å². The molecular formula is C23H32N4O3. The van der Waals surface area contributed by atoms with E-state index in [0.717, 1.165) is 29.9 Å². The second kappa shape index (κ2) is 10.7. The highest BCUT2D eigenvalue weighted by Gasteiger charge is 2.19. The van der Waals surface area contributed by atoms with Crippen molar-refractivity contribution in [2.24, 2.45) is 0 Å². The maximum absolute atomic E-state index is 12.8. The number of aryl methyl sites for hydroxylation is 1. The molecule has 1 aromatic heterocycles. The molecule has 2 N–H and O–H groups in total. The van der Waals surface area contributed by atoms with Crippen molar-refractivity contribution in [3.05, 3.63) is 47.3 Å². The Morgan fingerprint density at radius 1 is 0.967 bits per heavy atom. The third-order valence-electron chi connectivity index (χ3n) is 4.99. The molecule has 0 fully saturated rings. The van der Waals surface area contributed by atoms with Gasteiger partial charge in [0.25, 0.3) is 0 Å². The van der Waals surface area contributed by atoms with Crippen LogP contribution in [0, 0.1) is 13.8 Å². The molecule has 162 valence electrons. The SMILES string of the molecule is CCCn1c(C)cc(C(=O)CN(CC)CC(=O)Nc2ccc(NC(C)=O)cc2)c1C. The Kier molecular flexibility index (Phi) is 8.35. The van der Waals surface area contributed by atoms with Crippen LogP contribution < -0.4 is 10.6 Å². The summed E-state index contributed by atoms with van der Waals surface area (Å²) < 4.78 is 2.17. The van der Waals surface area contributed by atoms with Gasteiger partial charge in [-0.1, -0.05) is 13.8 Å². The normalized spacial score (nSPS) is 10.9. The summed E-state index contributed by atoms with van der Waals surface area (Å²) in [7, 11) is 0. The lowest BCUT2D eigenvalue weighted by Crippen LogP contribution is -2.37. The van der Waals surface area contributed by atoms with Gasteiger partial charge in [-0.25, -0.2) is 0 Å². The van der Waals surface area contributed by atoms with E-state index in [4.69, 9.17) is 0 Å². The van der Waals surface area contributed by atoms with Crippen molar-refractivity contribution >= 4 is 29.0 Å². The van der Waals surface area contributed by atoms with Gasteiger partial charge in [0.15, 0.2) is 5.78 Å². The number of likely N-dealkylation sites (N-methyl/N-ethyl adjacent to an activating group) is 1. The molecule has 0 atom stereocenters. The number of anilines is 2. The zero-order valence-corrected chi connectivity index (χ0v) is 18.5. The maximum atomic E-state index is 12.8. The van der Waals surface area contributed by atoms with Crippen LogP contribution in [0.25, 0.3) is 0 Å². The van der Waals surface area contributed by atoms with E-state index in [1.807, 2.05) is 31.7 Å². The van der Waals surface area contributed by atoms with Gasteiger partial charge >= 0.3 is 0 Å². The Labute approximate surface area is 178 Å². The number of amides is 2. The molecular weight excluding hydrogens is 380 g/mol. The van der Waals surface area contributed by atoms with Gasteiger partial charge < -0.3 is 15.2 Å². The Bertz CT molecular complexity index is 900. The van der Waals surface area contributed by atoms with Gasteiger partial charge in [-0.15, -0.1) is 0 Å². The quantitative estimate of drug-likeness (QED) is 0.584. The van der Waals surface area contributed by atoms with Gasteiger partial charge in [0.05, 0.1) is 13.1 Å². The van der Waals surface area contributed by atoms with E-state index < -0.39 is 0 Å². The first-order valence-electron chi connectivity index (χ1n) is 10.3. The first-order valence-corrected chi connectivity index (χ1v) is 10.3. The molecule has 30 heavy (non-hydrogen) atoms. The highest BCUT2D eigenvalue weighted by molar-refractivity contribution is 5.99. The number of nitrogens with zero attached hydrogens (tertiary/aromatic N) is 2. The monoisotopic (exact) mass is 412 g/mol. The van der Waals surface area contributed by atoms with Gasteiger partial charge in [0.1, 0.15) is 0 Å². The number of carbonyl (C=O) groups is 3. The molecule has 2 amide bonds. The number of nitrogens with one attached hydrogen (secondary N) is 2. The molecule has 0 aliphatic carbocycles. The average Bonchev–Trinajstić information content (AvgIpc) is 2.97. The van der Waals surface area contributed by atoms with Crippen molar-refractivity contribution in [3.63, 3.8) is 0 Å². The van der Waals surface area contributed by atoms with E-state index in [1.165, 1.54) is 6.92 Å². The van der Waals surface area contributed by atoms with Crippen LogP contribution >= 0.6 is 0 Å². The smallest absolute Gasteiger partial charge is 0.238 e. The molecule has 0 radical (unpaired) electrons. The van der Waals surface area contributed by atoms with Crippen LogP contribution in [-0.4, -0.2) is 46.7 Å². The van der Waals surface area contributed by atoms with Crippen LogP contribution in [0.5, 0.6) is 0 Å². The van der Waals surface area contributed by atoms with Crippen molar-refractivity contribution in [1.82, 2.24) is 9.47 Å². The Morgan fingerprint density at radius 3 is 2.10 bits per heavy atom. The van der Waals surface area contributed by atoms with Gasteiger partial charge in [-0.2, -0.15) is 0 Å². The molecule has 1 heterocycles. The van der Waals surface area contributed by atoms with Crippen molar-refractivity contribution in [1.29, 1.82) is 0 Å². The van der Waals surface area contributed by atoms with Crippen LogP contribution in [0.2, 0.25) is 0 Å². The van der Waals surface area contributed by atoms with Crippen molar-refractivity contribution in [2.45, 2.75) is 47.6 Å². The van der Waals surface area contributed by atoms with Crippen molar-refractivity contribution < 1.29 is 14.4 Å². The number of carbonyl (C=O) groups excluding carboxylic acids is 3. The van der Waals surface area contributed by atoms with Gasteiger partial charge in [-0.3, -0.25) is 19.3 Å². The summed E-state index contributed by atoms with van der Waals surface area (Å²) in [4.78, 5) is 38.2. The number of ketones is 1. The first-order chi connectivity index (χ1) is 14.2. The van der Waals surface area contributed by atoms with E-state index in [0.29, 0.717) is 17.9 Å². The fourth-order valence-corrected chi connectivity index (χ4v) is 3.46. The Hall–Kier alpha value is -2.93. The third kappa shape index (κ3) is 6.29. The molecule has 0 saturated carbocycles. The van der Waals surface area contributed by atoms with Gasteiger partial charge in [-0.05, 0) is 57.1 Å². The standard InChI is InChI=1S/C23H32N4O3/c1-6-12-27-16(3)13-21(17(27)4)22(29)14-26(7-2)15-23(30)25-20-10-8-19(9-11-20)24-18(5)28/h8-11,13H,6-7,12,14-15H2,1-5H3,(H,24,28)(H,25,30). The summed E-state index contributed by atoms with van der Waals surface area (Å²) >= 11 is 0. The molecule has 2 rings (SSSR count). The maximum Gasteiger partial charge on any atom is 0.238 e. The molecule has 0 bridgehead atoms. The zero-order valence-electron chi connectivity index (χ0n) is 18.5. The number of hydrogen-bond acceptors (Lipinski definition) is 4. The summed E-state index contributed by atoms with van der Waals surface area (Å²) in [6.07, 6.45) is 1.01. The minimum Gasteiger partial charge on any atom is -0.348 e. The molecule has 7 heteroatoms. The minimum atomic E-state index is -0.187. The zero-order chi connectivity index (χ0) is 22.3. The fraction of sp³-hybridized carbons (Fsp3) is 0.435. The van der Waals surface area contributed by atoms with Crippen LogP contribution in [0.3, 0.4) is 0 Å². The minimum absolute atomic E-state index is 0.0276. The third-order valence-corrected chi connectivity index (χ3v) is 4.99. The summed E-state index contributed by atoms with van der Waals surface area (Å²) in [6.45, 7) is 11.3. The van der Waals surface area contributed by atoms with Crippen LogP contribution in [0.1, 0.15) is 48.9 Å². The van der Waals surface area contributed by atoms with Crippen molar-refractivity contribution in [2.75, 3.05) is 30.3 Å². The second-order valence-corrected chi connectivity index (χ2v) is 7.47. The Morgan fingerprint density at radius 2 is 1.57 bits per heavy atom. The highest BCUT2D eigenvalue weighted by Crippen LogP contribution is 2.17. The summed E-state index contributed by atoms with van der Waals surface area (Å²) in [6, 6.07) is 8.85. The molecule has 0 spiro atoms. The van der Waals surface area contributed by atoms with Gasteiger partial charge in [0, 0.05) is 41.8 Å². The second-order valence-electron chi connectivity index (χ2n) is 7.47. The molecule has 1 aromatic carbocycles. The lowest BCUT2D eigenvalue weighted by Gasteiger charge is -2.19. The summed E-state index contributed by atoms with van der Waals surface area (Å²) in [5, 5.41) is 5.52. The van der Waals surface area contributed by atoms with E-state index >= 15 is 0 Å². The number of aromatic nitrogens is 1. The Balaban J connectivity index is 1.96. The lowest BCUT2D eigenvalue weighted by atomic mass is 10.1. The number of Topliss-reactive ketones (excluding diaryl/α,β-unsaturated/α-hetero) is 1. The highest BCUT2D eigenvalue weighted by atomic mass is 16.2. The molecule has 0 aliphatic heterocycles. The number of rotatable bonds is 10. The molecule has 0 saturated heterocycles. The fourth-order valence-electron chi connectivity index (χ4n) is 3.46. The summed E-state index contributed by atoms with van der Waals surface area (Å²) in [5.41, 5.74) is 4.11. The average molecular weight is 413 g/mol. The van der Waals surface area contributed by atoms with Gasteiger partial charge in [0.2, 0.25) is 11.8 Å². The molecule has 2 aromatic rings. The molecule has 0 unspecified atom stereocenters. The largest absolute Gasteiger partial charge is 0.348 e. The summed E-state index contributed by atoms with van der Waals surface area (Å²) in [5.74, 6) is -0.307. The van der Waals surface area contributed by atoms with Crippen molar-refractivity contribution in [3.8, 4) is 0 Å². The van der Waals surface area contributed by atoms with E-state index in [2.05, 4.69) is 22.1 Å². The predicted octanol–water partition coefficient (Wildman–Crippen LogP) is 3.62. The van der Waals surface area contributed by atoms with Crippen LogP contribution in [0.15, 0.2) is 30.3 Å². The van der Waals surface area contributed by atoms with E-state index in [9.17, 15) is 14.4 Å². The van der Waals surface area contributed by atoms with Crippen LogP contribution in [-0.2, 0) is 16.1 Å². The topological polar surface area (TPSA) is 83.4 Å². The van der Waals surface area contributed by atoms with E-state index in [1.54, 1.807) is 24.3 Å². The number of benzene rings is 1. The predicted molar refractivity (Wildman–Crippen MR) is 120 cm³/mol. The lowest BCUT2D eigenvalue weighted by molar-refractivity contribution is -0.117. The molecule has 7 nitrogen and oxygen atoms in total. The number of hydrogen-bond donors (Lipinski definition) is 2. The van der Waals surface area contributed by atoms with E-state index in [-0.39, 0.29) is 30.7 Å². The first kappa shape index (κ1) is 23.3. The molecule has 0 aliphatic rings.